The molecular formula is C18H24N6O. The van der Waals surface area contributed by atoms with Gasteiger partial charge in [0.15, 0.2) is 0 Å². The van der Waals surface area contributed by atoms with Crippen LogP contribution >= 0.6 is 0 Å². The number of aromatic amines is 1. The van der Waals surface area contributed by atoms with Gasteiger partial charge in [0.05, 0.1) is 16.5 Å². The van der Waals surface area contributed by atoms with Gasteiger partial charge >= 0.3 is 0 Å². The molecule has 1 unspecified atom stereocenters. The Bertz CT molecular complexity index is 828. The standard InChI is InChI=1S/C18H24N6O/c1-19-18(5-6-18)16(25)24-9-2-4-17(24)7-10-23(11-17)15-13-3-8-20-14(13)21-12-22-15/h3,8,12,19H,2,4-7,9-11H2,1H3,(H,20,21,22). The number of nitrogens with one attached hydrogen (secondary N) is 2. The average Bonchev–Trinajstić information content (AvgIpc) is 3.01. The van der Waals surface area contributed by atoms with Crippen molar-refractivity contribution in [2.24, 2.45) is 0 Å². The first kappa shape index (κ1) is 15.1. The Morgan fingerprint density at radius 2 is 2.12 bits per heavy atom. The van der Waals surface area contributed by atoms with Crippen LogP contribution in [-0.2, 0) is 4.79 Å². The lowest BCUT2D eigenvalue weighted by Gasteiger charge is -2.37. The highest BCUT2D eigenvalue weighted by molar-refractivity contribution is 5.91. The molecule has 4 heterocycles. The lowest BCUT2D eigenvalue weighted by Crippen LogP contribution is -2.56. The Kier molecular flexibility index (Phi) is 3.13. The summed E-state index contributed by atoms with van der Waals surface area (Å²) in [4.78, 5) is 29.7. The van der Waals surface area contributed by atoms with Gasteiger partial charge in [-0.15, -0.1) is 0 Å². The first-order valence-corrected chi connectivity index (χ1v) is 9.22. The zero-order chi connectivity index (χ0) is 17.1. The summed E-state index contributed by atoms with van der Waals surface area (Å²) in [6.07, 6.45) is 8.68. The van der Waals surface area contributed by atoms with Crippen molar-refractivity contribution in [1.29, 1.82) is 0 Å². The number of anilines is 1. The molecular weight excluding hydrogens is 316 g/mol. The minimum absolute atomic E-state index is 0.0307. The van der Waals surface area contributed by atoms with Crippen molar-refractivity contribution < 1.29 is 4.79 Å². The molecule has 1 atom stereocenters. The predicted octanol–water partition coefficient (Wildman–Crippen LogP) is 1.28. The lowest BCUT2D eigenvalue weighted by atomic mass is 9.94. The molecule has 5 rings (SSSR count). The quantitative estimate of drug-likeness (QED) is 0.880. The zero-order valence-corrected chi connectivity index (χ0v) is 14.6. The number of aromatic nitrogens is 3. The molecule has 25 heavy (non-hydrogen) atoms. The highest BCUT2D eigenvalue weighted by Gasteiger charge is 2.57. The maximum Gasteiger partial charge on any atom is 0.243 e. The molecule has 7 heteroatoms. The molecule has 2 N–H and O–H groups in total. The first-order valence-electron chi connectivity index (χ1n) is 9.22. The van der Waals surface area contributed by atoms with Gasteiger partial charge in [0.1, 0.15) is 17.8 Å². The molecule has 1 saturated carbocycles. The van der Waals surface area contributed by atoms with Crippen LogP contribution in [0.1, 0.15) is 32.1 Å². The molecule has 2 saturated heterocycles. The Morgan fingerprint density at radius 3 is 2.92 bits per heavy atom. The zero-order valence-electron chi connectivity index (χ0n) is 14.6. The van der Waals surface area contributed by atoms with Crippen LogP contribution in [0.15, 0.2) is 18.6 Å². The molecule has 0 bridgehead atoms. The molecule has 132 valence electrons. The highest BCUT2D eigenvalue weighted by atomic mass is 16.2. The molecule has 0 radical (unpaired) electrons. The van der Waals surface area contributed by atoms with Gasteiger partial charge in [0, 0.05) is 25.8 Å². The summed E-state index contributed by atoms with van der Waals surface area (Å²) in [6, 6.07) is 2.04. The normalized spacial score (nSPS) is 27.6. The summed E-state index contributed by atoms with van der Waals surface area (Å²) in [5.74, 6) is 1.29. The van der Waals surface area contributed by atoms with E-state index in [4.69, 9.17) is 0 Å². The maximum absolute atomic E-state index is 13.2. The van der Waals surface area contributed by atoms with Gasteiger partial charge in [-0.2, -0.15) is 0 Å². The Balaban J connectivity index is 1.44. The number of nitrogens with zero attached hydrogens (tertiary/aromatic N) is 4. The number of fused-ring (bicyclic) bond motifs is 1. The summed E-state index contributed by atoms with van der Waals surface area (Å²) in [5.41, 5.74) is 0.558. The molecule has 3 aliphatic rings. The number of hydrogen-bond acceptors (Lipinski definition) is 5. The van der Waals surface area contributed by atoms with E-state index in [2.05, 4.69) is 30.1 Å². The van der Waals surface area contributed by atoms with Gasteiger partial charge in [-0.25, -0.2) is 9.97 Å². The highest BCUT2D eigenvalue weighted by Crippen LogP contribution is 2.45. The Labute approximate surface area is 146 Å². The topological polar surface area (TPSA) is 77.2 Å². The third-order valence-corrected chi connectivity index (χ3v) is 6.44. The second-order valence-corrected chi connectivity index (χ2v) is 7.73. The van der Waals surface area contributed by atoms with Gasteiger partial charge in [-0.1, -0.05) is 0 Å². The second kappa shape index (κ2) is 5.17. The smallest absolute Gasteiger partial charge is 0.243 e. The Morgan fingerprint density at radius 1 is 1.24 bits per heavy atom. The Hall–Kier alpha value is -2.15. The summed E-state index contributed by atoms with van der Waals surface area (Å²) in [7, 11) is 1.91. The van der Waals surface area contributed by atoms with Crippen LogP contribution in [0.5, 0.6) is 0 Å². The number of hydrogen-bond donors (Lipinski definition) is 2. The van der Waals surface area contributed by atoms with Crippen molar-refractivity contribution in [1.82, 2.24) is 25.2 Å². The van der Waals surface area contributed by atoms with Crippen LogP contribution in [0.4, 0.5) is 5.82 Å². The van der Waals surface area contributed by atoms with Crippen molar-refractivity contribution in [3.63, 3.8) is 0 Å². The molecule has 2 aliphatic heterocycles. The molecule has 1 spiro atoms. The third kappa shape index (κ3) is 2.11. The van der Waals surface area contributed by atoms with Crippen LogP contribution in [0, 0.1) is 0 Å². The molecule has 0 aromatic carbocycles. The van der Waals surface area contributed by atoms with E-state index in [1.165, 1.54) is 0 Å². The summed E-state index contributed by atoms with van der Waals surface area (Å²) in [6.45, 7) is 2.70. The summed E-state index contributed by atoms with van der Waals surface area (Å²) in [5, 5.41) is 4.33. The number of rotatable bonds is 3. The van der Waals surface area contributed by atoms with E-state index in [1.807, 2.05) is 19.3 Å². The van der Waals surface area contributed by atoms with Crippen LogP contribution in [0.2, 0.25) is 0 Å². The van der Waals surface area contributed by atoms with Crippen LogP contribution in [0.25, 0.3) is 11.0 Å². The van der Waals surface area contributed by atoms with Gasteiger partial charge in [0.2, 0.25) is 5.91 Å². The van der Waals surface area contributed by atoms with Crippen molar-refractivity contribution in [3.8, 4) is 0 Å². The molecule has 1 aliphatic carbocycles. The lowest BCUT2D eigenvalue weighted by molar-refractivity contribution is -0.138. The molecule has 3 fully saturated rings. The van der Waals surface area contributed by atoms with Gasteiger partial charge in [0.25, 0.3) is 0 Å². The number of carbonyl (C=O) groups is 1. The molecule has 2 aromatic rings. The first-order chi connectivity index (χ1) is 12.2. The average molecular weight is 340 g/mol. The van der Waals surface area contributed by atoms with Crippen molar-refractivity contribution in [3.05, 3.63) is 18.6 Å². The van der Waals surface area contributed by atoms with Gasteiger partial charge in [-0.3, -0.25) is 4.79 Å². The SMILES string of the molecule is CNC1(C(=O)N2CCCC23CCN(c2ncnc4[nH]ccc24)C3)CC1. The third-order valence-electron chi connectivity index (χ3n) is 6.44. The van der Waals surface area contributed by atoms with E-state index < -0.39 is 0 Å². The van der Waals surface area contributed by atoms with Crippen molar-refractivity contribution in [2.45, 2.75) is 43.2 Å². The number of likely N-dealkylation sites (N-methyl/N-ethyl adjacent to an activating group) is 1. The van der Waals surface area contributed by atoms with Crippen molar-refractivity contribution in [2.75, 3.05) is 31.6 Å². The summed E-state index contributed by atoms with van der Waals surface area (Å²) < 4.78 is 0. The van der Waals surface area contributed by atoms with Crippen LogP contribution < -0.4 is 10.2 Å². The number of H-pyrrole nitrogens is 1. The maximum atomic E-state index is 13.2. The summed E-state index contributed by atoms with van der Waals surface area (Å²) >= 11 is 0. The van der Waals surface area contributed by atoms with Crippen LogP contribution in [0.3, 0.4) is 0 Å². The van der Waals surface area contributed by atoms with E-state index >= 15 is 0 Å². The van der Waals surface area contributed by atoms with Crippen LogP contribution in [-0.4, -0.2) is 63.5 Å². The minimum Gasteiger partial charge on any atom is -0.354 e. The fraction of sp³-hybridized carbons (Fsp3) is 0.611. The second-order valence-electron chi connectivity index (χ2n) is 7.73. The van der Waals surface area contributed by atoms with E-state index in [1.54, 1.807) is 6.33 Å². The number of likely N-dealkylation sites (tertiary alicyclic amines) is 1. The fourth-order valence-electron chi connectivity index (χ4n) is 4.78. The predicted molar refractivity (Wildman–Crippen MR) is 95.4 cm³/mol. The van der Waals surface area contributed by atoms with Gasteiger partial charge in [-0.05, 0) is 45.2 Å². The van der Waals surface area contributed by atoms with Gasteiger partial charge < -0.3 is 20.1 Å². The van der Waals surface area contributed by atoms with E-state index in [0.29, 0.717) is 5.91 Å². The molecule has 2 aromatic heterocycles. The number of carbonyl (C=O) groups excluding carboxylic acids is 1. The molecule has 1 amide bonds. The monoisotopic (exact) mass is 340 g/mol. The molecule has 7 nitrogen and oxygen atoms in total. The largest absolute Gasteiger partial charge is 0.354 e. The minimum atomic E-state index is -0.284. The van der Waals surface area contributed by atoms with E-state index in [9.17, 15) is 4.79 Å². The fourth-order valence-corrected chi connectivity index (χ4v) is 4.78. The van der Waals surface area contributed by atoms with E-state index in [-0.39, 0.29) is 11.1 Å². The van der Waals surface area contributed by atoms with E-state index in [0.717, 1.165) is 68.6 Å². The number of amides is 1. The van der Waals surface area contributed by atoms with Crippen molar-refractivity contribution >= 4 is 22.8 Å².